The Kier molecular flexibility index (Phi) is 10.5. The molecule has 196 valence electrons. The molecule has 0 aliphatic carbocycles. The number of hydrogen-bond acceptors (Lipinski definition) is 5. The van der Waals surface area contributed by atoms with E-state index in [0.29, 0.717) is 40.3 Å². The van der Waals surface area contributed by atoms with Crippen LogP contribution in [0.5, 0.6) is 17.2 Å². The Morgan fingerprint density at radius 1 is 0.892 bits per heavy atom. The van der Waals surface area contributed by atoms with Gasteiger partial charge in [0.05, 0.1) is 19.2 Å². The zero-order chi connectivity index (χ0) is 26.8. The second-order valence-corrected chi connectivity index (χ2v) is 9.12. The van der Waals surface area contributed by atoms with Crippen LogP contribution < -0.4 is 19.5 Å². The van der Waals surface area contributed by atoms with Crippen LogP contribution in [0.15, 0.2) is 66.7 Å². The fraction of sp³-hybridized carbons (Fsp3) is 0.286. The van der Waals surface area contributed by atoms with E-state index >= 15 is 0 Å². The van der Waals surface area contributed by atoms with Gasteiger partial charge in [0.25, 0.3) is 5.91 Å². The molecule has 0 spiro atoms. The van der Waals surface area contributed by atoms with Gasteiger partial charge in [0.1, 0.15) is 11.8 Å². The molecule has 0 aliphatic rings. The molecule has 1 unspecified atom stereocenters. The SMILES string of the molecule is COc1ccc(CCNC(=O)C(C)N(Cc2ccc(Cl)cc2)C(=O)COc2ccccc2Cl)cc1OC. The van der Waals surface area contributed by atoms with Gasteiger partial charge in [-0.2, -0.15) is 0 Å². The summed E-state index contributed by atoms with van der Waals surface area (Å²) in [7, 11) is 3.16. The summed E-state index contributed by atoms with van der Waals surface area (Å²) in [6.45, 7) is 2.03. The summed E-state index contributed by atoms with van der Waals surface area (Å²) in [6.07, 6.45) is 0.583. The summed E-state index contributed by atoms with van der Waals surface area (Å²) in [5, 5.41) is 3.91. The normalized spacial score (nSPS) is 11.4. The molecule has 37 heavy (non-hydrogen) atoms. The number of para-hydroxylation sites is 1. The average molecular weight is 545 g/mol. The molecule has 1 N–H and O–H groups in total. The van der Waals surface area contributed by atoms with Gasteiger partial charge in [-0.1, -0.05) is 53.5 Å². The molecule has 0 saturated carbocycles. The third-order valence-electron chi connectivity index (χ3n) is 5.78. The quantitative estimate of drug-likeness (QED) is 0.340. The number of carbonyl (C=O) groups excluding carboxylic acids is 2. The lowest BCUT2D eigenvalue weighted by molar-refractivity contribution is -0.142. The van der Waals surface area contributed by atoms with E-state index in [0.717, 1.165) is 11.1 Å². The van der Waals surface area contributed by atoms with Crippen molar-refractivity contribution in [3.8, 4) is 17.2 Å². The fourth-order valence-electron chi connectivity index (χ4n) is 3.67. The van der Waals surface area contributed by atoms with E-state index in [2.05, 4.69) is 5.32 Å². The third kappa shape index (κ3) is 8.03. The standard InChI is InChI=1S/C28H30Cl2N2O5/c1-19(28(34)31-15-14-20-10-13-25(35-2)26(16-20)36-3)32(17-21-8-11-22(29)12-9-21)27(33)18-37-24-7-5-4-6-23(24)30/h4-13,16,19H,14-15,17-18H2,1-3H3,(H,31,34). The number of nitrogens with zero attached hydrogens (tertiary/aromatic N) is 1. The minimum atomic E-state index is -0.747. The van der Waals surface area contributed by atoms with Gasteiger partial charge in [-0.25, -0.2) is 0 Å². The zero-order valence-corrected chi connectivity index (χ0v) is 22.5. The summed E-state index contributed by atoms with van der Waals surface area (Å²) < 4.78 is 16.3. The van der Waals surface area contributed by atoms with Crippen molar-refractivity contribution in [1.82, 2.24) is 10.2 Å². The Morgan fingerprint density at radius 2 is 1.57 bits per heavy atom. The van der Waals surface area contributed by atoms with E-state index in [4.69, 9.17) is 37.4 Å². The number of nitrogens with one attached hydrogen (secondary N) is 1. The molecule has 0 heterocycles. The first-order chi connectivity index (χ1) is 17.8. The van der Waals surface area contributed by atoms with E-state index in [9.17, 15) is 9.59 Å². The summed E-state index contributed by atoms with van der Waals surface area (Å²) in [6, 6.07) is 18.9. The molecule has 0 bridgehead atoms. The predicted molar refractivity (Wildman–Crippen MR) is 145 cm³/mol. The van der Waals surface area contributed by atoms with Gasteiger partial charge in [-0.05, 0) is 60.9 Å². The van der Waals surface area contributed by atoms with Crippen molar-refractivity contribution in [2.75, 3.05) is 27.4 Å². The summed E-state index contributed by atoms with van der Waals surface area (Å²) in [5.41, 5.74) is 1.81. The molecular weight excluding hydrogens is 515 g/mol. The number of ether oxygens (including phenoxy) is 3. The first-order valence-corrected chi connectivity index (χ1v) is 12.5. The maximum absolute atomic E-state index is 13.2. The highest BCUT2D eigenvalue weighted by Gasteiger charge is 2.26. The molecule has 0 aliphatic heterocycles. The lowest BCUT2D eigenvalue weighted by Gasteiger charge is -2.29. The Bertz CT molecular complexity index is 1200. The van der Waals surface area contributed by atoms with E-state index in [1.807, 2.05) is 30.3 Å². The maximum Gasteiger partial charge on any atom is 0.261 e. The molecule has 0 saturated heterocycles. The van der Waals surface area contributed by atoms with Crippen LogP contribution in [0.3, 0.4) is 0 Å². The number of methoxy groups -OCH3 is 2. The maximum atomic E-state index is 13.2. The van der Waals surface area contributed by atoms with E-state index in [-0.39, 0.29) is 25.0 Å². The van der Waals surface area contributed by atoms with Crippen molar-refractivity contribution in [2.45, 2.75) is 25.9 Å². The molecular formula is C28H30Cl2N2O5. The zero-order valence-electron chi connectivity index (χ0n) is 21.0. The first-order valence-electron chi connectivity index (χ1n) is 11.7. The smallest absolute Gasteiger partial charge is 0.261 e. The van der Waals surface area contributed by atoms with Gasteiger partial charge >= 0.3 is 0 Å². The molecule has 0 aromatic heterocycles. The van der Waals surface area contributed by atoms with Crippen LogP contribution in [0.2, 0.25) is 10.0 Å². The van der Waals surface area contributed by atoms with Gasteiger partial charge in [0, 0.05) is 18.1 Å². The summed E-state index contributed by atoms with van der Waals surface area (Å²) in [5.74, 6) is 1.03. The molecule has 3 rings (SSSR count). The van der Waals surface area contributed by atoms with Crippen LogP contribution >= 0.6 is 23.2 Å². The van der Waals surface area contributed by atoms with Crippen LogP contribution in [0.1, 0.15) is 18.1 Å². The average Bonchev–Trinajstić information content (AvgIpc) is 2.91. The highest BCUT2D eigenvalue weighted by atomic mass is 35.5. The molecule has 9 heteroatoms. The third-order valence-corrected chi connectivity index (χ3v) is 6.35. The molecule has 3 aromatic carbocycles. The first kappa shape index (κ1) is 28.2. The molecule has 0 radical (unpaired) electrons. The van der Waals surface area contributed by atoms with Crippen molar-refractivity contribution >= 4 is 35.0 Å². The van der Waals surface area contributed by atoms with Crippen molar-refractivity contribution in [1.29, 1.82) is 0 Å². The fourth-order valence-corrected chi connectivity index (χ4v) is 3.98. The van der Waals surface area contributed by atoms with Crippen LogP contribution in [0, 0.1) is 0 Å². The van der Waals surface area contributed by atoms with E-state index in [1.54, 1.807) is 57.5 Å². The molecule has 1 atom stereocenters. The van der Waals surface area contributed by atoms with Gasteiger partial charge in [0.15, 0.2) is 18.1 Å². The monoisotopic (exact) mass is 544 g/mol. The van der Waals surface area contributed by atoms with Crippen molar-refractivity contribution < 1.29 is 23.8 Å². The molecule has 0 fully saturated rings. The second-order valence-electron chi connectivity index (χ2n) is 8.27. The van der Waals surface area contributed by atoms with Crippen molar-refractivity contribution in [2.24, 2.45) is 0 Å². The second kappa shape index (κ2) is 13.8. The van der Waals surface area contributed by atoms with Crippen molar-refractivity contribution in [3.05, 3.63) is 87.9 Å². The topological polar surface area (TPSA) is 77.1 Å². The number of halogens is 2. The Labute approximate surface area is 227 Å². The minimum Gasteiger partial charge on any atom is -0.493 e. The number of rotatable bonds is 12. The lowest BCUT2D eigenvalue weighted by atomic mass is 10.1. The van der Waals surface area contributed by atoms with Crippen LogP contribution in [-0.2, 0) is 22.6 Å². The number of hydrogen-bond donors (Lipinski definition) is 1. The van der Waals surface area contributed by atoms with E-state index in [1.165, 1.54) is 4.90 Å². The van der Waals surface area contributed by atoms with Crippen LogP contribution in [0.25, 0.3) is 0 Å². The largest absolute Gasteiger partial charge is 0.493 e. The Morgan fingerprint density at radius 3 is 2.24 bits per heavy atom. The summed E-state index contributed by atoms with van der Waals surface area (Å²) in [4.78, 5) is 27.7. The predicted octanol–water partition coefficient (Wildman–Crippen LogP) is 5.17. The van der Waals surface area contributed by atoms with Crippen LogP contribution in [-0.4, -0.2) is 50.1 Å². The lowest BCUT2D eigenvalue weighted by Crippen LogP contribution is -2.49. The number of benzene rings is 3. The summed E-state index contributed by atoms with van der Waals surface area (Å²) >= 11 is 12.2. The molecule has 3 aromatic rings. The van der Waals surface area contributed by atoms with Crippen LogP contribution in [0.4, 0.5) is 0 Å². The van der Waals surface area contributed by atoms with Gasteiger partial charge in [-0.15, -0.1) is 0 Å². The Hall–Kier alpha value is -3.42. The highest BCUT2D eigenvalue weighted by molar-refractivity contribution is 6.32. The van der Waals surface area contributed by atoms with Gasteiger partial charge in [0.2, 0.25) is 5.91 Å². The number of amides is 2. The van der Waals surface area contributed by atoms with E-state index < -0.39 is 6.04 Å². The molecule has 7 nitrogen and oxygen atoms in total. The molecule has 2 amide bonds. The van der Waals surface area contributed by atoms with Gasteiger partial charge in [-0.3, -0.25) is 9.59 Å². The van der Waals surface area contributed by atoms with Crippen molar-refractivity contribution in [3.63, 3.8) is 0 Å². The Balaban J connectivity index is 1.66. The van der Waals surface area contributed by atoms with Gasteiger partial charge < -0.3 is 24.4 Å². The number of carbonyl (C=O) groups is 2. The minimum absolute atomic E-state index is 0.214. The highest BCUT2D eigenvalue weighted by Crippen LogP contribution is 2.27.